The molecule has 36 heavy (non-hydrogen) atoms. The molecule has 1 aliphatic rings. The highest BCUT2D eigenvalue weighted by molar-refractivity contribution is 6.38. The molecule has 192 valence electrons. The molecular formula is C25H27ClF2N4O4. The van der Waals surface area contributed by atoms with E-state index >= 15 is 0 Å². The van der Waals surface area contributed by atoms with Gasteiger partial charge in [-0.05, 0) is 42.7 Å². The van der Waals surface area contributed by atoms with Crippen LogP contribution < -0.4 is 16.0 Å². The molecule has 0 unspecified atom stereocenters. The maximum absolute atomic E-state index is 13.3. The van der Waals surface area contributed by atoms with Crippen LogP contribution >= 0.6 is 11.6 Å². The summed E-state index contributed by atoms with van der Waals surface area (Å²) in [5.41, 5.74) is 1.21. The van der Waals surface area contributed by atoms with Gasteiger partial charge in [-0.2, -0.15) is 0 Å². The van der Waals surface area contributed by atoms with Gasteiger partial charge in [0.25, 0.3) is 5.91 Å². The molecule has 1 aliphatic carbocycles. The smallest absolute Gasteiger partial charge is 0.289 e. The summed E-state index contributed by atoms with van der Waals surface area (Å²) in [6.45, 7) is -0.421. The molecule has 1 aromatic heterocycles. The molecule has 8 nitrogen and oxygen atoms in total. The maximum Gasteiger partial charge on any atom is 0.289 e. The molecule has 0 aliphatic heterocycles. The number of pyridine rings is 1. The Balaban J connectivity index is 1.58. The lowest BCUT2D eigenvalue weighted by Gasteiger charge is -2.27. The van der Waals surface area contributed by atoms with Crippen LogP contribution in [0.5, 0.6) is 0 Å². The summed E-state index contributed by atoms with van der Waals surface area (Å²) in [5.74, 6) is -6.30. The summed E-state index contributed by atoms with van der Waals surface area (Å²) in [5, 5.41) is 7.92. The van der Waals surface area contributed by atoms with Crippen LogP contribution in [0, 0.1) is 5.92 Å². The molecule has 0 spiro atoms. The van der Waals surface area contributed by atoms with Gasteiger partial charge in [0.05, 0.1) is 18.8 Å². The van der Waals surface area contributed by atoms with Crippen LogP contribution in [0.25, 0.3) is 0 Å². The fraction of sp³-hybridized carbons (Fsp3) is 0.400. The Bertz CT molecular complexity index is 1070. The van der Waals surface area contributed by atoms with Gasteiger partial charge >= 0.3 is 0 Å². The molecule has 1 heterocycles. The second-order valence-electron chi connectivity index (χ2n) is 8.67. The second kappa shape index (κ2) is 12.5. The van der Waals surface area contributed by atoms with Gasteiger partial charge in [0, 0.05) is 36.4 Å². The Labute approximate surface area is 212 Å². The first kappa shape index (κ1) is 27.2. The topological polar surface area (TPSA) is 117 Å². The average Bonchev–Trinajstić information content (AvgIpc) is 2.87. The number of nitrogens with zero attached hydrogens (tertiary/aromatic N) is 1. The summed E-state index contributed by atoms with van der Waals surface area (Å²) in [4.78, 5) is 54.3. The predicted molar refractivity (Wildman–Crippen MR) is 128 cm³/mol. The molecule has 0 saturated heterocycles. The second-order valence-corrected chi connectivity index (χ2v) is 9.10. The van der Waals surface area contributed by atoms with Crippen LogP contribution in [-0.2, 0) is 32.1 Å². The molecule has 1 fully saturated rings. The first-order valence-electron chi connectivity index (χ1n) is 11.5. The van der Waals surface area contributed by atoms with E-state index < -0.39 is 47.9 Å². The Morgan fingerprint density at radius 1 is 1.03 bits per heavy atom. The average molecular weight is 521 g/mol. The Kier molecular flexibility index (Phi) is 9.46. The summed E-state index contributed by atoms with van der Waals surface area (Å²) < 4.78 is 26.6. The minimum absolute atomic E-state index is 0.0183. The van der Waals surface area contributed by atoms with E-state index in [2.05, 4.69) is 20.9 Å². The summed E-state index contributed by atoms with van der Waals surface area (Å²) in [7, 11) is 0. The first-order chi connectivity index (χ1) is 17.1. The van der Waals surface area contributed by atoms with Crippen LogP contribution in [0.2, 0.25) is 5.02 Å². The lowest BCUT2D eigenvalue weighted by Crippen LogP contribution is -2.51. The number of hydrogen-bond acceptors (Lipinski definition) is 5. The summed E-state index contributed by atoms with van der Waals surface area (Å²) in [6.07, 6.45) is 0.901. The highest BCUT2D eigenvalue weighted by Gasteiger charge is 2.37. The number of amides is 3. The molecule has 0 radical (unpaired) electrons. The van der Waals surface area contributed by atoms with Crippen LogP contribution in [0.15, 0.2) is 48.7 Å². The number of benzene rings is 1. The largest absolute Gasteiger partial charge is 0.347 e. The fourth-order valence-electron chi connectivity index (χ4n) is 3.84. The molecule has 1 aromatic carbocycles. The Morgan fingerprint density at radius 2 is 1.72 bits per heavy atom. The zero-order valence-corrected chi connectivity index (χ0v) is 20.2. The number of halogens is 3. The van der Waals surface area contributed by atoms with E-state index in [1.165, 1.54) is 0 Å². The van der Waals surface area contributed by atoms with Crippen molar-refractivity contribution in [2.75, 3.05) is 6.54 Å². The number of nitrogens with one attached hydrogen (secondary N) is 3. The lowest BCUT2D eigenvalue weighted by atomic mass is 9.86. The molecule has 3 rings (SSSR count). The van der Waals surface area contributed by atoms with Gasteiger partial charge in [-0.3, -0.25) is 24.2 Å². The quantitative estimate of drug-likeness (QED) is 0.416. The first-order valence-corrected chi connectivity index (χ1v) is 11.9. The van der Waals surface area contributed by atoms with Gasteiger partial charge in [-0.25, -0.2) is 8.78 Å². The lowest BCUT2D eigenvalue weighted by molar-refractivity contribution is -0.140. The van der Waals surface area contributed by atoms with Crippen molar-refractivity contribution in [3.05, 3.63) is 64.9 Å². The van der Waals surface area contributed by atoms with Crippen molar-refractivity contribution in [2.24, 2.45) is 5.92 Å². The number of rotatable bonds is 10. The number of hydrogen-bond donors (Lipinski definition) is 3. The number of carbonyl (C=O) groups excluding carboxylic acids is 4. The van der Waals surface area contributed by atoms with Crippen molar-refractivity contribution < 1.29 is 28.0 Å². The summed E-state index contributed by atoms with van der Waals surface area (Å²) >= 11 is 5.91. The zero-order valence-electron chi connectivity index (χ0n) is 19.4. The van der Waals surface area contributed by atoms with Gasteiger partial charge in [-0.15, -0.1) is 0 Å². The minimum atomic E-state index is -2.76. The highest BCUT2D eigenvalue weighted by atomic mass is 35.5. The molecule has 11 heteroatoms. The summed E-state index contributed by atoms with van der Waals surface area (Å²) in [6, 6.07) is 10.5. The van der Waals surface area contributed by atoms with E-state index in [9.17, 15) is 28.0 Å². The third kappa shape index (κ3) is 8.37. The van der Waals surface area contributed by atoms with Crippen LogP contribution in [-0.4, -0.2) is 47.0 Å². The number of Topliss-reactive ketones (excluding diaryl/α,β-unsaturated/α-hetero) is 1. The Hall–Kier alpha value is -3.40. The Morgan fingerprint density at radius 3 is 2.36 bits per heavy atom. The van der Waals surface area contributed by atoms with Crippen LogP contribution in [0.3, 0.4) is 0 Å². The van der Waals surface area contributed by atoms with Crippen molar-refractivity contribution >= 4 is 35.1 Å². The van der Waals surface area contributed by atoms with Crippen molar-refractivity contribution in [1.29, 1.82) is 0 Å². The van der Waals surface area contributed by atoms with Crippen LogP contribution in [0.4, 0.5) is 8.78 Å². The van der Waals surface area contributed by atoms with Crippen molar-refractivity contribution in [1.82, 2.24) is 20.9 Å². The van der Waals surface area contributed by atoms with Gasteiger partial charge < -0.3 is 16.0 Å². The standard InChI is InChI=1S/C25H27ClF2N4O4/c26-18-6-4-16(5-7-18)13-20(22(34)24(36)30-14-19-3-1-2-12-29-19)32-21(33)15-31-23(35)17-8-10-25(27,28)11-9-17/h1-7,12,17,20H,8-11,13-15H2,(H,30,36)(H,31,35)(H,32,33)/t20-/m1/s1. The van der Waals surface area contributed by atoms with Crippen LogP contribution in [0.1, 0.15) is 36.9 Å². The molecule has 0 bridgehead atoms. The third-order valence-electron chi connectivity index (χ3n) is 5.90. The number of alkyl halides is 2. The highest BCUT2D eigenvalue weighted by Crippen LogP contribution is 2.36. The van der Waals surface area contributed by atoms with Gasteiger partial charge in [0.15, 0.2) is 0 Å². The maximum atomic E-state index is 13.3. The SMILES string of the molecule is O=C(CNC(=O)C1CCC(F)(F)CC1)N[C@H](Cc1ccc(Cl)cc1)C(=O)C(=O)NCc1ccccn1. The zero-order chi connectivity index (χ0) is 26.1. The predicted octanol–water partition coefficient (Wildman–Crippen LogP) is 2.59. The van der Waals surface area contributed by atoms with Gasteiger partial charge in [0.1, 0.15) is 6.04 Å². The van der Waals surface area contributed by atoms with E-state index in [1.54, 1.807) is 48.7 Å². The monoisotopic (exact) mass is 520 g/mol. The number of ketones is 1. The minimum Gasteiger partial charge on any atom is -0.347 e. The third-order valence-corrected chi connectivity index (χ3v) is 6.15. The fourth-order valence-corrected chi connectivity index (χ4v) is 3.97. The van der Waals surface area contributed by atoms with E-state index in [0.29, 0.717) is 16.3 Å². The van der Waals surface area contributed by atoms with Crippen molar-refractivity contribution in [3.8, 4) is 0 Å². The molecular weight excluding hydrogens is 494 g/mol. The normalized spacial score (nSPS) is 16.0. The van der Waals surface area contributed by atoms with E-state index in [0.717, 1.165) is 0 Å². The van der Waals surface area contributed by atoms with Crippen molar-refractivity contribution in [2.45, 2.75) is 50.6 Å². The van der Waals surface area contributed by atoms with E-state index in [-0.39, 0.29) is 38.6 Å². The molecule has 3 N–H and O–H groups in total. The molecule has 2 aromatic rings. The number of aromatic nitrogens is 1. The van der Waals surface area contributed by atoms with Gasteiger partial charge in [0.2, 0.25) is 23.5 Å². The molecule has 1 saturated carbocycles. The molecule has 1 atom stereocenters. The van der Waals surface area contributed by atoms with Gasteiger partial charge in [-0.1, -0.05) is 29.8 Å². The van der Waals surface area contributed by atoms with E-state index in [4.69, 9.17) is 11.6 Å². The van der Waals surface area contributed by atoms with Crippen molar-refractivity contribution in [3.63, 3.8) is 0 Å². The van der Waals surface area contributed by atoms with E-state index in [1.807, 2.05) is 0 Å². The number of carbonyl (C=O) groups is 4. The molecule has 3 amide bonds.